The molecule has 5 nitrogen and oxygen atoms in total. The monoisotopic (exact) mass is 251 g/mol. The third-order valence-corrected chi connectivity index (χ3v) is 3.41. The predicted molar refractivity (Wildman–Crippen MR) is 66.8 cm³/mol. The van der Waals surface area contributed by atoms with E-state index in [1.165, 1.54) is 13.8 Å². The van der Waals surface area contributed by atoms with Crippen molar-refractivity contribution in [3.05, 3.63) is 32.4 Å². The molecule has 0 heterocycles. The van der Waals surface area contributed by atoms with Crippen molar-refractivity contribution in [2.45, 2.75) is 46.6 Å². The van der Waals surface area contributed by atoms with E-state index in [0.717, 1.165) is 0 Å². The maximum Gasteiger partial charge on any atom is 0.220 e. The molecule has 0 atom stereocenters. The Bertz CT molecular complexity index is 509. The molecule has 0 unspecified atom stereocenters. The van der Waals surface area contributed by atoms with Gasteiger partial charge in [-0.2, -0.15) is 0 Å². The SMILES string of the molecule is CC1=C(C)C(=O)C(CC(C)(C)[N+](=O)[O-])=C(C)C1=O. The van der Waals surface area contributed by atoms with E-state index in [1.807, 2.05) is 0 Å². The van der Waals surface area contributed by atoms with Crippen molar-refractivity contribution in [2.24, 2.45) is 0 Å². The second-order valence-corrected chi connectivity index (χ2v) is 5.26. The molecule has 0 N–H and O–H groups in total. The summed E-state index contributed by atoms with van der Waals surface area (Å²) in [5.74, 6) is -0.444. The van der Waals surface area contributed by atoms with E-state index in [9.17, 15) is 19.7 Å². The molecule has 0 saturated carbocycles. The van der Waals surface area contributed by atoms with Gasteiger partial charge in [0.1, 0.15) is 0 Å². The lowest BCUT2D eigenvalue weighted by atomic mass is 9.81. The molecular formula is C13H17NO4. The predicted octanol–water partition coefficient (Wildman–Crippen LogP) is 2.24. The fourth-order valence-electron chi connectivity index (χ4n) is 1.87. The molecule has 18 heavy (non-hydrogen) atoms. The maximum absolute atomic E-state index is 12.1. The van der Waals surface area contributed by atoms with Gasteiger partial charge in [0.25, 0.3) is 0 Å². The van der Waals surface area contributed by atoms with Gasteiger partial charge in [-0.3, -0.25) is 19.7 Å². The Morgan fingerprint density at radius 2 is 1.44 bits per heavy atom. The van der Waals surface area contributed by atoms with Crippen LogP contribution in [0.3, 0.4) is 0 Å². The van der Waals surface area contributed by atoms with E-state index in [2.05, 4.69) is 0 Å². The van der Waals surface area contributed by atoms with Crippen LogP contribution in [-0.4, -0.2) is 22.0 Å². The van der Waals surface area contributed by atoms with Crippen LogP contribution in [0.15, 0.2) is 22.3 Å². The Morgan fingerprint density at radius 1 is 1.00 bits per heavy atom. The van der Waals surface area contributed by atoms with E-state index in [1.54, 1.807) is 20.8 Å². The molecule has 0 spiro atoms. The number of nitrogens with zero attached hydrogens (tertiary/aromatic N) is 1. The number of Topliss-reactive ketones (excluding diaryl/α,β-unsaturated/α-hetero) is 2. The Labute approximate surface area is 106 Å². The Morgan fingerprint density at radius 3 is 1.89 bits per heavy atom. The average Bonchev–Trinajstić information content (AvgIpc) is 2.29. The Kier molecular flexibility index (Phi) is 3.55. The van der Waals surface area contributed by atoms with Crippen LogP contribution in [0.2, 0.25) is 0 Å². The van der Waals surface area contributed by atoms with E-state index in [4.69, 9.17) is 0 Å². The zero-order valence-electron chi connectivity index (χ0n) is 11.3. The zero-order chi connectivity index (χ0) is 14.2. The first-order valence-electron chi connectivity index (χ1n) is 5.70. The van der Waals surface area contributed by atoms with E-state index < -0.39 is 10.5 Å². The number of rotatable bonds is 3. The van der Waals surface area contributed by atoms with Crippen molar-refractivity contribution in [1.29, 1.82) is 0 Å². The molecular weight excluding hydrogens is 234 g/mol. The molecule has 0 radical (unpaired) electrons. The number of allylic oxidation sites excluding steroid dienone is 3. The van der Waals surface area contributed by atoms with Gasteiger partial charge in [0.15, 0.2) is 11.6 Å². The number of hydrogen-bond donors (Lipinski definition) is 0. The third-order valence-electron chi connectivity index (χ3n) is 3.41. The summed E-state index contributed by atoms with van der Waals surface area (Å²) in [5, 5.41) is 10.9. The van der Waals surface area contributed by atoms with Crippen molar-refractivity contribution >= 4 is 11.6 Å². The third kappa shape index (κ3) is 2.25. The minimum atomic E-state index is -1.25. The Hall–Kier alpha value is -1.78. The quantitative estimate of drug-likeness (QED) is 0.438. The van der Waals surface area contributed by atoms with Crippen molar-refractivity contribution in [1.82, 2.24) is 0 Å². The lowest BCUT2D eigenvalue weighted by Gasteiger charge is -2.22. The summed E-state index contributed by atoms with van der Waals surface area (Å²) in [6.07, 6.45) is -0.0268. The topological polar surface area (TPSA) is 77.3 Å². The minimum Gasteiger partial charge on any atom is -0.289 e. The average molecular weight is 251 g/mol. The van der Waals surface area contributed by atoms with Crippen LogP contribution in [0.4, 0.5) is 0 Å². The highest BCUT2D eigenvalue weighted by Gasteiger charge is 2.37. The van der Waals surface area contributed by atoms with Crippen LogP contribution in [0.25, 0.3) is 0 Å². The molecule has 1 aliphatic rings. The highest BCUT2D eigenvalue weighted by molar-refractivity contribution is 6.24. The van der Waals surface area contributed by atoms with E-state index in [-0.39, 0.29) is 23.6 Å². The standard InChI is InChI=1S/C13H17NO4/c1-7-8(2)12(16)10(9(3)11(7)15)6-13(4,5)14(17)18/h6H2,1-5H3. The van der Waals surface area contributed by atoms with Crippen molar-refractivity contribution in [2.75, 3.05) is 0 Å². The molecule has 98 valence electrons. The molecule has 0 aromatic carbocycles. The van der Waals surface area contributed by atoms with Crippen LogP contribution in [0, 0.1) is 10.1 Å². The van der Waals surface area contributed by atoms with Crippen LogP contribution in [0.1, 0.15) is 41.0 Å². The molecule has 5 heteroatoms. The van der Waals surface area contributed by atoms with Crippen molar-refractivity contribution < 1.29 is 14.5 Å². The van der Waals surface area contributed by atoms with E-state index in [0.29, 0.717) is 16.7 Å². The molecule has 0 aliphatic heterocycles. The highest BCUT2D eigenvalue weighted by atomic mass is 16.6. The summed E-state index contributed by atoms with van der Waals surface area (Å²) in [6, 6.07) is 0. The molecule has 1 rings (SSSR count). The van der Waals surface area contributed by atoms with Gasteiger partial charge in [0.05, 0.1) is 0 Å². The molecule has 0 amide bonds. The van der Waals surface area contributed by atoms with Gasteiger partial charge in [-0.05, 0) is 20.8 Å². The first-order chi connectivity index (χ1) is 8.09. The normalized spacial score (nSPS) is 17.6. The van der Waals surface area contributed by atoms with Crippen LogP contribution in [0.5, 0.6) is 0 Å². The summed E-state index contributed by atoms with van der Waals surface area (Å²) < 4.78 is 0. The number of carbonyl (C=O) groups excluding carboxylic acids is 2. The van der Waals surface area contributed by atoms with Crippen LogP contribution < -0.4 is 0 Å². The lowest BCUT2D eigenvalue weighted by molar-refractivity contribution is -0.559. The number of nitro groups is 1. The van der Waals surface area contributed by atoms with Gasteiger partial charge in [-0.25, -0.2) is 0 Å². The number of carbonyl (C=O) groups is 2. The molecule has 0 fully saturated rings. The molecule has 0 aromatic rings. The summed E-state index contributed by atoms with van der Waals surface area (Å²) >= 11 is 0. The largest absolute Gasteiger partial charge is 0.289 e. The minimum absolute atomic E-state index is 0.0268. The fourth-order valence-corrected chi connectivity index (χ4v) is 1.87. The van der Waals surface area contributed by atoms with Gasteiger partial charge >= 0.3 is 0 Å². The van der Waals surface area contributed by atoms with Gasteiger partial charge in [-0.1, -0.05) is 0 Å². The highest BCUT2D eigenvalue weighted by Crippen LogP contribution is 2.30. The van der Waals surface area contributed by atoms with Crippen molar-refractivity contribution in [3.63, 3.8) is 0 Å². The van der Waals surface area contributed by atoms with Crippen LogP contribution in [-0.2, 0) is 9.59 Å². The summed E-state index contributed by atoms with van der Waals surface area (Å²) in [4.78, 5) is 34.5. The Balaban J connectivity index is 3.22. The zero-order valence-corrected chi connectivity index (χ0v) is 11.3. The maximum atomic E-state index is 12.1. The molecule has 1 aliphatic carbocycles. The first-order valence-corrected chi connectivity index (χ1v) is 5.70. The fraction of sp³-hybridized carbons (Fsp3) is 0.538. The smallest absolute Gasteiger partial charge is 0.220 e. The van der Waals surface area contributed by atoms with Gasteiger partial charge < -0.3 is 0 Å². The van der Waals surface area contributed by atoms with Gasteiger partial charge in [0.2, 0.25) is 5.54 Å². The molecule has 0 saturated heterocycles. The number of hydrogen-bond acceptors (Lipinski definition) is 4. The van der Waals surface area contributed by atoms with Crippen LogP contribution >= 0.6 is 0 Å². The summed E-state index contributed by atoms with van der Waals surface area (Å²) in [6.45, 7) is 7.65. The van der Waals surface area contributed by atoms with Gasteiger partial charge in [-0.15, -0.1) is 0 Å². The molecule has 0 aromatic heterocycles. The van der Waals surface area contributed by atoms with Gasteiger partial charge in [0, 0.05) is 47.5 Å². The summed E-state index contributed by atoms with van der Waals surface area (Å²) in [5.41, 5.74) is 0.167. The summed E-state index contributed by atoms with van der Waals surface area (Å²) in [7, 11) is 0. The number of ketones is 2. The lowest BCUT2D eigenvalue weighted by Crippen LogP contribution is -2.34. The van der Waals surface area contributed by atoms with E-state index >= 15 is 0 Å². The second kappa shape index (κ2) is 4.48. The second-order valence-electron chi connectivity index (χ2n) is 5.26. The first kappa shape index (κ1) is 14.3. The van der Waals surface area contributed by atoms with Crippen molar-refractivity contribution in [3.8, 4) is 0 Å². The molecule has 0 bridgehead atoms.